The van der Waals surface area contributed by atoms with Crippen molar-refractivity contribution >= 4 is 5.97 Å². The second-order valence-electron chi connectivity index (χ2n) is 6.21. The third-order valence-electron chi connectivity index (χ3n) is 3.76. The first kappa shape index (κ1) is 19.8. The van der Waals surface area contributed by atoms with Crippen LogP contribution in [0.1, 0.15) is 18.1 Å². The van der Waals surface area contributed by atoms with E-state index in [1.807, 2.05) is 11.0 Å². The highest BCUT2D eigenvalue weighted by Gasteiger charge is 2.30. The van der Waals surface area contributed by atoms with E-state index in [0.717, 1.165) is 17.7 Å². The highest BCUT2D eigenvalue weighted by atomic mass is 19.4. The van der Waals surface area contributed by atoms with Crippen LogP contribution >= 0.6 is 0 Å². The summed E-state index contributed by atoms with van der Waals surface area (Å²) < 4.78 is 43.9. The van der Waals surface area contributed by atoms with Crippen molar-refractivity contribution in [1.29, 1.82) is 0 Å². The molecule has 0 fully saturated rings. The zero-order valence-corrected chi connectivity index (χ0v) is 14.5. The molecule has 1 atom stereocenters. The number of hydrogen-bond donors (Lipinski definition) is 1. The average Bonchev–Trinajstić information content (AvgIpc) is 2.54. The molecule has 2 rings (SSSR count). The smallest absolute Gasteiger partial charge is 0.416 e. The number of benzene rings is 2. The fourth-order valence-corrected chi connectivity index (χ4v) is 2.50. The Bertz CT molecular complexity index is 762. The van der Waals surface area contributed by atoms with Crippen LogP contribution in [0.25, 0.3) is 0 Å². The molecule has 0 amide bonds. The molecule has 0 bridgehead atoms. The minimum absolute atomic E-state index is 0.102. The zero-order chi connectivity index (χ0) is 19.3. The summed E-state index contributed by atoms with van der Waals surface area (Å²) in [7, 11) is 1.81. The molecular formula is C19H20F3NO3. The highest BCUT2D eigenvalue weighted by Crippen LogP contribution is 2.32. The maximum Gasteiger partial charge on any atom is 0.416 e. The minimum atomic E-state index is -4.43. The van der Waals surface area contributed by atoms with Gasteiger partial charge in [-0.2, -0.15) is 13.2 Å². The summed E-state index contributed by atoms with van der Waals surface area (Å²) in [6.07, 6.45) is -4.43. The van der Waals surface area contributed by atoms with E-state index in [2.05, 4.69) is 0 Å². The lowest BCUT2D eigenvalue weighted by molar-refractivity contribution is -0.141. The van der Waals surface area contributed by atoms with Gasteiger partial charge in [0.05, 0.1) is 11.5 Å². The second kappa shape index (κ2) is 8.23. The van der Waals surface area contributed by atoms with Crippen LogP contribution in [0.2, 0.25) is 0 Å². The van der Waals surface area contributed by atoms with E-state index in [-0.39, 0.29) is 5.75 Å². The van der Waals surface area contributed by atoms with Gasteiger partial charge in [0.2, 0.25) is 0 Å². The van der Waals surface area contributed by atoms with Crippen LogP contribution in [-0.2, 0) is 17.5 Å². The predicted molar refractivity (Wildman–Crippen MR) is 91.1 cm³/mol. The monoisotopic (exact) mass is 367 g/mol. The topological polar surface area (TPSA) is 49.8 Å². The first-order chi connectivity index (χ1) is 12.1. The molecule has 0 saturated heterocycles. The van der Waals surface area contributed by atoms with Crippen molar-refractivity contribution in [2.75, 3.05) is 13.6 Å². The van der Waals surface area contributed by atoms with Crippen LogP contribution in [-0.4, -0.2) is 29.6 Å². The number of rotatable bonds is 7. The van der Waals surface area contributed by atoms with Crippen molar-refractivity contribution in [2.24, 2.45) is 5.92 Å². The number of ether oxygens (including phenoxy) is 1. The lowest BCUT2D eigenvalue weighted by atomic mass is 10.1. The minimum Gasteiger partial charge on any atom is -0.481 e. The largest absolute Gasteiger partial charge is 0.481 e. The van der Waals surface area contributed by atoms with Crippen molar-refractivity contribution in [1.82, 2.24) is 4.90 Å². The van der Waals surface area contributed by atoms with Crippen LogP contribution in [0.4, 0.5) is 13.2 Å². The van der Waals surface area contributed by atoms with E-state index in [4.69, 9.17) is 9.84 Å². The number of aliphatic carboxylic acids is 1. The summed E-state index contributed by atoms with van der Waals surface area (Å²) in [5.41, 5.74) is 0.100. The van der Waals surface area contributed by atoms with Crippen LogP contribution in [0.15, 0.2) is 48.5 Å². The fraction of sp³-hybridized carbons (Fsp3) is 0.316. The van der Waals surface area contributed by atoms with E-state index in [1.54, 1.807) is 32.2 Å². The Morgan fingerprint density at radius 1 is 1.15 bits per heavy atom. The first-order valence-corrected chi connectivity index (χ1v) is 8.00. The molecule has 140 valence electrons. The van der Waals surface area contributed by atoms with Gasteiger partial charge < -0.3 is 14.7 Å². The van der Waals surface area contributed by atoms with Gasteiger partial charge in [-0.1, -0.05) is 25.1 Å². The van der Waals surface area contributed by atoms with Crippen molar-refractivity contribution in [3.63, 3.8) is 0 Å². The molecule has 0 aliphatic heterocycles. The molecule has 26 heavy (non-hydrogen) atoms. The quantitative estimate of drug-likeness (QED) is 0.774. The molecule has 0 saturated carbocycles. The Balaban J connectivity index is 2.06. The van der Waals surface area contributed by atoms with E-state index in [1.165, 1.54) is 12.1 Å². The molecule has 0 aliphatic rings. The van der Waals surface area contributed by atoms with Gasteiger partial charge in [0.15, 0.2) is 0 Å². The van der Waals surface area contributed by atoms with Crippen molar-refractivity contribution in [3.05, 3.63) is 59.7 Å². The lowest BCUT2D eigenvalue weighted by Crippen LogP contribution is -2.28. The maximum atomic E-state index is 12.8. The van der Waals surface area contributed by atoms with Gasteiger partial charge in [-0.25, -0.2) is 0 Å². The molecule has 0 aromatic heterocycles. The number of halogens is 3. The van der Waals surface area contributed by atoms with Gasteiger partial charge in [0.1, 0.15) is 11.5 Å². The summed E-state index contributed by atoms with van der Waals surface area (Å²) >= 11 is 0. The summed E-state index contributed by atoms with van der Waals surface area (Å²) in [4.78, 5) is 12.8. The first-order valence-electron chi connectivity index (χ1n) is 8.00. The SMILES string of the molecule is CC(CN(C)Cc1cccc(Oc2cccc(C(F)(F)F)c2)c1)C(=O)O. The van der Waals surface area contributed by atoms with E-state index in [9.17, 15) is 18.0 Å². The Kier molecular flexibility index (Phi) is 6.26. The Morgan fingerprint density at radius 3 is 2.38 bits per heavy atom. The van der Waals surface area contributed by atoms with Gasteiger partial charge in [0, 0.05) is 13.1 Å². The van der Waals surface area contributed by atoms with Gasteiger partial charge in [-0.05, 0) is 42.9 Å². The van der Waals surface area contributed by atoms with Crippen LogP contribution in [0, 0.1) is 5.92 Å². The Labute approximate surface area is 149 Å². The molecule has 0 heterocycles. The highest BCUT2D eigenvalue weighted by molar-refractivity contribution is 5.69. The zero-order valence-electron chi connectivity index (χ0n) is 14.5. The maximum absolute atomic E-state index is 12.8. The standard InChI is InChI=1S/C19H20F3NO3/c1-13(18(24)25)11-23(2)12-14-5-3-7-16(9-14)26-17-8-4-6-15(10-17)19(20,21)22/h3-10,13H,11-12H2,1-2H3,(H,24,25). The average molecular weight is 367 g/mol. The summed E-state index contributed by atoms with van der Waals surface area (Å²) in [5, 5.41) is 8.96. The fourth-order valence-electron chi connectivity index (χ4n) is 2.50. The summed E-state index contributed by atoms with van der Waals surface area (Å²) in [5.74, 6) is -0.839. The molecule has 0 aliphatic carbocycles. The van der Waals surface area contributed by atoms with Crippen molar-refractivity contribution in [2.45, 2.75) is 19.6 Å². The van der Waals surface area contributed by atoms with E-state index in [0.29, 0.717) is 18.8 Å². The number of alkyl halides is 3. The molecule has 2 aromatic carbocycles. The number of hydrogen-bond acceptors (Lipinski definition) is 3. The van der Waals surface area contributed by atoms with Crippen molar-refractivity contribution < 1.29 is 27.8 Å². The van der Waals surface area contributed by atoms with E-state index >= 15 is 0 Å². The number of carboxylic acid groups (broad SMARTS) is 1. The molecule has 0 radical (unpaired) electrons. The molecule has 7 heteroatoms. The van der Waals surface area contributed by atoms with Crippen LogP contribution in [0.5, 0.6) is 11.5 Å². The van der Waals surface area contributed by atoms with Crippen molar-refractivity contribution in [3.8, 4) is 11.5 Å². The molecule has 0 spiro atoms. The van der Waals surface area contributed by atoms with Crippen LogP contribution < -0.4 is 4.74 Å². The molecule has 1 unspecified atom stereocenters. The number of carbonyl (C=O) groups is 1. The van der Waals surface area contributed by atoms with Gasteiger partial charge in [-0.3, -0.25) is 4.79 Å². The molecule has 4 nitrogen and oxygen atoms in total. The van der Waals surface area contributed by atoms with Gasteiger partial charge in [-0.15, -0.1) is 0 Å². The predicted octanol–water partition coefficient (Wildman–Crippen LogP) is 4.65. The summed E-state index contributed by atoms with van der Waals surface area (Å²) in [6, 6.07) is 11.7. The molecule has 2 aromatic rings. The second-order valence-corrected chi connectivity index (χ2v) is 6.21. The number of nitrogens with zero attached hydrogens (tertiary/aromatic N) is 1. The van der Waals surface area contributed by atoms with Gasteiger partial charge in [0.25, 0.3) is 0 Å². The van der Waals surface area contributed by atoms with Crippen LogP contribution in [0.3, 0.4) is 0 Å². The molecule has 1 N–H and O–H groups in total. The number of carboxylic acids is 1. The Morgan fingerprint density at radius 2 is 1.77 bits per heavy atom. The summed E-state index contributed by atoms with van der Waals surface area (Å²) in [6.45, 7) is 2.51. The normalized spacial score (nSPS) is 12.8. The Hall–Kier alpha value is -2.54. The third kappa shape index (κ3) is 5.77. The molecular weight excluding hydrogens is 347 g/mol. The lowest BCUT2D eigenvalue weighted by Gasteiger charge is -2.19. The third-order valence-corrected chi connectivity index (χ3v) is 3.76. The van der Waals surface area contributed by atoms with E-state index < -0.39 is 23.6 Å². The van der Waals surface area contributed by atoms with Gasteiger partial charge >= 0.3 is 12.1 Å².